The molecule has 1 saturated carbocycles. The molecule has 0 aromatic heterocycles. The number of benzene rings is 1. The summed E-state index contributed by atoms with van der Waals surface area (Å²) in [5.41, 5.74) is 1.23. The number of esters is 1. The summed E-state index contributed by atoms with van der Waals surface area (Å²) in [6.07, 6.45) is 7.52. The summed E-state index contributed by atoms with van der Waals surface area (Å²) >= 11 is 0. The highest BCUT2D eigenvalue weighted by atomic mass is 16.5. The first-order chi connectivity index (χ1) is 13.1. The van der Waals surface area contributed by atoms with Gasteiger partial charge in [-0.1, -0.05) is 38.3 Å². The van der Waals surface area contributed by atoms with Gasteiger partial charge in [0.25, 0.3) is 5.91 Å². The number of ether oxygens (including phenoxy) is 1. The zero-order valence-corrected chi connectivity index (χ0v) is 15.9. The molecule has 1 fully saturated rings. The van der Waals surface area contributed by atoms with Crippen LogP contribution in [-0.2, 0) is 19.1 Å². The smallest absolute Gasteiger partial charge is 0.309 e. The number of amides is 2. The van der Waals surface area contributed by atoms with E-state index in [0.29, 0.717) is 11.4 Å². The van der Waals surface area contributed by atoms with E-state index in [9.17, 15) is 14.4 Å². The van der Waals surface area contributed by atoms with Gasteiger partial charge >= 0.3 is 5.97 Å². The molecule has 6 heteroatoms. The van der Waals surface area contributed by atoms with Crippen molar-refractivity contribution in [3.05, 3.63) is 24.3 Å². The molecule has 1 heterocycles. The van der Waals surface area contributed by atoms with Crippen LogP contribution in [-0.4, -0.2) is 30.9 Å². The second kappa shape index (κ2) is 9.02. The standard InChI is InChI=1S/C21H28N2O4/c1-2-3-6-15-9-11-16(12-10-15)21(26)27-14-20(25)23-13-19(24)22-17-7-4-5-8-18(17)23/h4-5,7-8,15-16H,2-3,6,9-14H2,1H3,(H,22,24). The molecule has 6 nitrogen and oxygen atoms in total. The zero-order chi connectivity index (χ0) is 19.2. The average Bonchev–Trinajstić information content (AvgIpc) is 2.69. The zero-order valence-electron chi connectivity index (χ0n) is 15.9. The molecule has 2 amide bonds. The lowest BCUT2D eigenvalue weighted by molar-refractivity contribution is -0.153. The van der Waals surface area contributed by atoms with Gasteiger partial charge in [0.1, 0.15) is 6.54 Å². The van der Waals surface area contributed by atoms with Crippen LogP contribution >= 0.6 is 0 Å². The highest BCUT2D eigenvalue weighted by Crippen LogP contribution is 2.33. The number of rotatable bonds is 6. The topological polar surface area (TPSA) is 75.7 Å². The highest BCUT2D eigenvalue weighted by molar-refractivity contribution is 6.10. The molecular weight excluding hydrogens is 344 g/mol. The number of hydrogen-bond donors (Lipinski definition) is 1. The number of nitrogens with one attached hydrogen (secondary N) is 1. The van der Waals surface area contributed by atoms with Gasteiger partial charge < -0.3 is 10.1 Å². The molecule has 3 rings (SSSR count). The van der Waals surface area contributed by atoms with E-state index >= 15 is 0 Å². The Bertz CT molecular complexity index is 695. The minimum atomic E-state index is -0.373. The van der Waals surface area contributed by atoms with Crippen molar-refractivity contribution >= 4 is 29.2 Å². The molecule has 0 bridgehead atoms. The number of unbranched alkanes of at least 4 members (excludes halogenated alkanes) is 1. The van der Waals surface area contributed by atoms with Gasteiger partial charge in [0.15, 0.2) is 6.61 Å². The molecule has 0 spiro atoms. The molecule has 146 valence electrons. The predicted molar refractivity (Wildman–Crippen MR) is 103 cm³/mol. The quantitative estimate of drug-likeness (QED) is 0.776. The van der Waals surface area contributed by atoms with Crippen LogP contribution in [0.4, 0.5) is 11.4 Å². The van der Waals surface area contributed by atoms with Gasteiger partial charge in [-0.15, -0.1) is 0 Å². The Hall–Kier alpha value is -2.37. The van der Waals surface area contributed by atoms with Gasteiger partial charge in [0.05, 0.1) is 17.3 Å². The summed E-state index contributed by atoms with van der Waals surface area (Å²) in [6.45, 7) is 1.82. The SMILES string of the molecule is CCCCC1CCC(C(=O)OCC(=O)N2CC(=O)Nc3ccccc32)CC1. The van der Waals surface area contributed by atoms with E-state index in [1.807, 2.05) is 0 Å². The first kappa shape index (κ1) is 19.4. The highest BCUT2D eigenvalue weighted by Gasteiger charge is 2.30. The Labute approximate surface area is 160 Å². The summed E-state index contributed by atoms with van der Waals surface area (Å²) in [5, 5.41) is 2.74. The summed E-state index contributed by atoms with van der Waals surface area (Å²) in [4.78, 5) is 38.1. The summed E-state index contributed by atoms with van der Waals surface area (Å²) < 4.78 is 5.30. The van der Waals surface area contributed by atoms with E-state index in [0.717, 1.165) is 31.6 Å². The third-order valence-corrected chi connectivity index (χ3v) is 5.56. The van der Waals surface area contributed by atoms with Crippen molar-refractivity contribution in [3.63, 3.8) is 0 Å². The van der Waals surface area contributed by atoms with Crippen molar-refractivity contribution in [2.24, 2.45) is 11.8 Å². The van der Waals surface area contributed by atoms with Gasteiger partial charge in [0.2, 0.25) is 5.91 Å². The van der Waals surface area contributed by atoms with E-state index in [4.69, 9.17) is 4.74 Å². The fourth-order valence-corrected chi connectivity index (χ4v) is 3.96. The third kappa shape index (κ3) is 4.87. The second-order valence-corrected chi connectivity index (χ2v) is 7.51. The summed E-state index contributed by atoms with van der Waals surface area (Å²) in [5.74, 6) is -0.292. The number of hydrogen-bond acceptors (Lipinski definition) is 4. The number of anilines is 2. The van der Waals surface area contributed by atoms with Crippen LogP contribution in [0.3, 0.4) is 0 Å². The molecule has 1 aromatic carbocycles. The largest absolute Gasteiger partial charge is 0.455 e. The molecular formula is C21H28N2O4. The van der Waals surface area contributed by atoms with E-state index in [2.05, 4.69) is 12.2 Å². The molecule has 1 aromatic rings. The fraction of sp³-hybridized carbons (Fsp3) is 0.571. The number of fused-ring (bicyclic) bond motifs is 1. The van der Waals surface area contributed by atoms with E-state index < -0.39 is 0 Å². The van der Waals surface area contributed by atoms with Gasteiger partial charge in [-0.2, -0.15) is 0 Å². The molecule has 0 radical (unpaired) electrons. The molecule has 2 aliphatic rings. The molecule has 1 aliphatic heterocycles. The van der Waals surface area contributed by atoms with Crippen molar-refractivity contribution in [2.45, 2.75) is 51.9 Å². The van der Waals surface area contributed by atoms with Crippen LogP contribution in [0.5, 0.6) is 0 Å². The van der Waals surface area contributed by atoms with Crippen LogP contribution in [0.1, 0.15) is 51.9 Å². The van der Waals surface area contributed by atoms with Crippen molar-refractivity contribution in [1.29, 1.82) is 0 Å². The number of nitrogens with zero attached hydrogens (tertiary/aromatic N) is 1. The second-order valence-electron chi connectivity index (χ2n) is 7.51. The molecule has 1 aliphatic carbocycles. The number of para-hydroxylation sites is 2. The molecule has 0 unspecified atom stereocenters. The predicted octanol–water partition coefficient (Wildman–Crippen LogP) is 3.51. The Kier molecular flexibility index (Phi) is 6.48. The van der Waals surface area contributed by atoms with Crippen molar-refractivity contribution < 1.29 is 19.1 Å². The molecule has 0 saturated heterocycles. The van der Waals surface area contributed by atoms with Gasteiger partial charge in [-0.25, -0.2) is 0 Å². The van der Waals surface area contributed by atoms with Crippen LogP contribution in [0.2, 0.25) is 0 Å². The lowest BCUT2D eigenvalue weighted by Crippen LogP contribution is -2.44. The van der Waals surface area contributed by atoms with Gasteiger partial charge in [-0.3, -0.25) is 19.3 Å². The normalized spacial score (nSPS) is 22.0. The first-order valence-electron chi connectivity index (χ1n) is 9.94. The first-order valence-corrected chi connectivity index (χ1v) is 9.94. The maximum atomic E-state index is 12.5. The number of carbonyl (C=O) groups excluding carboxylic acids is 3. The molecule has 1 N–H and O–H groups in total. The van der Waals surface area contributed by atoms with E-state index in [-0.39, 0.29) is 36.9 Å². The maximum absolute atomic E-state index is 12.5. The minimum absolute atomic E-state index is 0.0596. The molecule has 27 heavy (non-hydrogen) atoms. The third-order valence-electron chi connectivity index (χ3n) is 5.56. The molecule has 0 atom stereocenters. The summed E-state index contributed by atoms with van der Waals surface area (Å²) in [6, 6.07) is 7.12. The minimum Gasteiger partial charge on any atom is -0.455 e. The van der Waals surface area contributed by atoms with Crippen LogP contribution in [0.15, 0.2) is 24.3 Å². The van der Waals surface area contributed by atoms with E-state index in [1.165, 1.54) is 24.2 Å². The number of carbonyl (C=O) groups is 3. The van der Waals surface area contributed by atoms with Gasteiger partial charge in [0, 0.05) is 0 Å². The maximum Gasteiger partial charge on any atom is 0.309 e. The average molecular weight is 372 g/mol. The van der Waals surface area contributed by atoms with Crippen molar-refractivity contribution in [3.8, 4) is 0 Å². The lowest BCUT2D eigenvalue weighted by Gasteiger charge is -2.30. The van der Waals surface area contributed by atoms with Crippen LogP contribution in [0, 0.1) is 11.8 Å². The Morgan fingerprint density at radius 2 is 1.93 bits per heavy atom. The monoisotopic (exact) mass is 372 g/mol. The van der Waals surface area contributed by atoms with Crippen molar-refractivity contribution in [2.75, 3.05) is 23.4 Å². The Balaban J connectivity index is 1.50. The summed E-state index contributed by atoms with van der Waals surface area (Å²) in [7, 11) is 0. The lowest BCUT2D eigenvalue weighted by atomic mass is 9.80. The fourth-order valence-electron chi connectivity index (χ4n) is 3.96. The van der Waals surface area contributed by atoms with E-state index in [1.54, 1.807) is 24.3 Å². The van der Waals surface area contributed by atoms with Crippen LogP contribution in [0.25, 0.3) is 0 Å². The Morgan fingerprint density at radius 1 is 1.19 bits per heavy atom. The Morgan fingerprint density at radius 3 is 2.67 bits per heavy atom. The van der Waals surface area contributed by atoms with Crippen LogP contribution < -0.4 is 10.2 Å². The van der Waals surface area contributed by atoms with Crippen molar-refractivity contribution in [1.82, 2.24) is 0 Å². The van der Waals surface area contributed by atoms with Gasteiger partial charge in [-0.05, 0) is 43.7 Å².